The van der Waals surface area contributed by atoms with Gasteiger partial charge in [-0.25, -0.2) is 0 Å². The zero-order chi connectivity index (χ0) is 13.1. The Bertz CT molecular complexity index is 403. The SMILES string of the molecule is CC(C)C1CCCN(c2ccc(N)cc2Cl)CC1. The van der Waals surface area contributed by atoms with Gasteiger partial charge in [0, 0.05) is 18.8 Å². The smallest absolute Gasteiger partial charge is 0.0660 e. The van der Waals surface area contributed by atoms with E-state index in [4.69, 9.17) is 17.3 Å². The van der Waals surface area contributed by atoms with Crippen LogP contribution in [0, 0.1) is 11.8 Å². The highest BCUT2D eigenvalue weighted by molar-refractivity contribution is 6.33. The van der Waals surface area contributed by atoms with Crippen molar-refractivity contribution in [3.63, 3.8) is 0 Å². The maximum Gasteiger partial charge on any atom is 0.0660 e. The Balaban J connectivity index is 2.10. The lowest BCUT2D eigenvalue weighted by Gasteiger charge is -2.24. The van der Waals surface area contributed by atoms with Crippen LogP contribution in [0.4, 0.5) is 11.4 Å². The first-order valence-electron chi connectivity index (χ1n) is 6.88. The largest absolute Gasteiger partial charge is 0.399 e. The number of halogens is 1. The van der Waals surface area contributed by atoms with Crippen molar-refractivity contribution in [1.29, 1.82) is 0 Å². The van der Waals surface area contributed by atoms with Crippen LogP contribution in [0.1, 0.15) is 33.1 Å². The summed E-state index contributed by atoms with van der Waals surface area (Å²) in [6.45, 7) is 6.87. The fraction of sp³-hybridized carbons (Fsp3) is 0.600. The predicted molar refractivity (Wildman–Crippen MR) is 80.3 cm³/mol. The summed E-state index contributed by atoms with van der Waals surface area (Å²) in [7, 11) is 0. The third-order valence-electron chi connectivity index (χ3n) is 4.03. The van der Waals surface area contributed by atoms with Crippen LogP contribution in [0.5, 0.6) is 0 Å². The zero-order valence-electron chi connectivity index (χ0n) is 11.3. The van der Waals surface area contributed by atoms with E-state index >= 15 is 0 Å². The van der Waals surface area contributed by atoms with Gasteiger partial charge < -0.3 is 10.6 Å². The zero-order valence-corrected chi connectivity index (χ0v) is 12.1. The second-order valence-corrected chi connectivity index (χ2v) is 6.04. The van der Waals surface area contributed by atoms with E-state index in [1.807, 2.05) is 18.2 Å². The molecule has 0 radical (unpaired) electrons. The number of hydrogen-bond donors (Lipinski definition) is 1. The van der Waals surface area contributed by atoms with Gasteiger partial charge in [0.15, 0.2) is 0 Å². The number of benzene rings is 1. The standard InChI is InChI=1S/C15H23ClN2/c1-11(2)12-4-3-8-18(9-7-12)15-6-5-13(17)10-14(15)16/h5-6,10-12H,3-4,7-9,17H2,1-2H3. The predicted octanol–water partition coefficient (Wildman–Crippen LogP) is 4.18. The van der Waals surface area contributed by atoms with E-state index < -0.39 is 0 Å². The number of hydrogen-bond acceptors (Lipinski definition) is 2. The Morgan fingerprint density at radius 2 is 2.06 bits per heavy atom. The highest BCUT2D eigenvalue weighted by Gasteiger charge is 2.20. The molecule has 1 aromatic rings. The third-order valence-corrected chi connectivity index (χ3v) is 4.33. The number of rotatable bonds is 2. The minimum atomic E-state index is 0.735. The molecule has 1 aliphatic heterocycles. The molecule has 18 heavy (non-hydrogen) atoms. The Kier molecular flexibility index (Phi) is 4.39. The molecule has 1 aromatic carbocycles. The summed E-state index contributed by atoms with van der Waals surface area (Å²) < 4.78 is 0. The van der Waals surface area contributed by atoms with Crippen LogP contribution in [-0.2, 0) is 0 Å². The first-order chi connectivity index (χ1) is 8.58. The van der Waals surface area contributed by atoms with Crippen molar-refractivity contribution in [3.05, 3.63) is 23.2 Å². The summed E-state index contributed by atoms with van der Waals surface area (Å²) >= 11 is 6.29. The summed E-state index contributed by atoms with van der Waals surface area (Å²) in [6, 6.07) is 5.83. The van der Waals surface area contributed by atoms with Crippen LogP contribution in [0.3, 0.4) is 0 Å². The van der Waals surface area contributed by atoms with Gasteiger partial charge in [0.05, 0.1) is 10.7 Å². The topological polar surface area (TPSA) is 29.3 Å². The summed E-state index contributed by atoms with van der Waals surface area (Å²) in [5.41, 5.74) is 7.62. The van der Waals surface area contributed by atoms with E-state index in [2.05, 4.69) is 18.7 Å². The molecular formula is C15H23ClN2. The maximum absolute atomic E-state index is 6.29. The summed E-state index contributed by atoms with van der Waals surface area (Å²) in [5.74, 6) is 1.63. The van der Waals surface area contributed by atoms with Gasteiger partial charge in [0.1, 0.15) is 0 Å². The fourth-order valence-electron chi connectivity index (χ4n) is 2.81. The van der Waals surface area contributed by atoms with Crippen molar-refractivity contribution < 1.29 is 0 Å². The van der Waals surface area contributed by atoms with Crippen LogP contribution < -0.4 is 10.6 Å². The van der Waals surface area contributed by atoms with Gasteiger partial charge in [-0.05, 0) is 49.3 Å². The summed E-state index contributed by atoms with van der Waals surface area (Å²) in [6.07, 6.45) is 3.85. The molecule has 1 unspecified atom stereocenters. The molecule has 0 aromatic heterocycles. The molecule has 2 N–H and O–H groups in total. The summed E-state index contributed by atoms with van der Waals surface area (Å²) in [5, 5.41) is 0.776. The molecule has 1 fully saturated rings. The molecule has 1 heterocycles. The van der Waals surface area contributed by atoms with Crippen LogP contribution >= 0.6 is 11.6 Å². The van der Waals surface area contributed by atoms with Gasteiger partial charge in [0.2, 0.25) is 0 Å². The Labute approximate surface area is 115 Å². The highest BCUT2D eigenvalue weighted by Crippen LogP contribution is 2.32. The number of anilines is 2. The van der Waals surface area contributed by atoms with Crippen LogP contribution in [-0.4, -0.2) is 13.1 Å². The van der Waals surface area contributed by atoms with E-state index in [1.54, 1.807) is 0 Å². The Hall–Kier alpha value is -0.890. The Morgan fingerprint density at radius 1 is 1.28 bits per heavy atom. The molecule has 0 bridgehead atoms. The van der Waals surface area contributed by atoms with Crippen LogP contribution in [0.2, 0.25) is 5.02 Å². The minimum absolute atomic E-state index is 0.735. The molecule has 100 valence electrons. The Morgan fingerprint density at radius 3 is 2.72 bits per heavy atom. The van der Waals surface area contributed by atoms with Crippen molar-refractivity contribution in [2.24, 2.45) is 11.8 Å². The number of nitrogens with zero attached hydrogens (tertiary/aromatic N) is 1. The van der Waals surface area contributed by atoms with Gasteiger partial charge in [-0.15, -0.1) is 0 Å². The molecule has 1 atom stereocenters. The molecule has 2 nitrogen and oxygen atoms in total. The average molecular weight is 267 g/mol. The normalized spacial score (nSPS) is 21.1. The van der Waals surface area contributed by atoms with Gasteiger partial charge in [-0.2, -0.15) is 0 Å². The van der Waals surface area contributed by atoms with Crippen molar-refractivity contribution in [2.45, 2.75) is 33.1 Å². The fourth-order valence-corrected chi connectivity index (χ4v) is 3.12. The number of nitrogens with two attached hydrogens (primary N) is 1. The molecule has 0 spiro atoms. The van der Waals surface area contributed by atoms with E-state index in [0.717, 1.165) is 41.3 Å². The molecular weight excluding hydrogens is 244 g/mol. The molecule has 3 heteroatoms. The van der Waals surface area contributed by atoms with Crippen LogP contribution in [0.15, 0.2) is 18.2 Å². The minimum Gasteiger partial charge on any atom is -0.399 e. The highest BCUT2D eigenvalue weighted by atomic mass is 35.5. The lowest BCUT2D eigenvalue weighted by atomic mass is 9.89. The maximum atomic E-state index is 6.29. The number of nitrogen functional groups attached to an aromatic ring is 1. The van der Waals surface area contributed by atoms with Crippen molar-refractivity contribution >= 4 is 23.0 Å². The monoisotopic (exact) mass is 266 g/mol. The average Bonchev–Trinajstić information content (AvgIpc) is 2.54. The van der Waals surface area contributed by atoms with E-state index in [-0.39, 0.29) is 0 Å². The van der Waals surface area contributed by atoms with Gasteiger partial charge in [0.25, 0.3) is 0 Å². The quantitative estimate of drug-likeness (QED) is 0.814. The van der Waals surface area contributed by atoms with Gasteiger partial charge in [-0.3, -0.25) is 0 Å². The lowest BCUT2D eigenvalue weighted by molar-refractivity contribution is 0.351. The molecule has 0 saturated carbocycles. The van der Waals surface area contributed by atoms with E-state index in [1.165, 1.54) is 19.3 Å². The molecule has 0 aliphatic carbocycles. The first-order valence-corrected chi connectivity index (χ1v) is 7.25. The second-order valence-electron chi connectivity index (χ2n) is 5.63. The van der Waals surface area contributed by atoms with Gasteiger partial charge in [-0.1, -0.05) is 25.4 Å². The lowest BCUT2D eigenvalue weighted by Crippen LogP contribution is -2.24. The van der Waals surface area contributed by atoms with E-state index in [0.29, 0.717) is 0 Å². The van der Waals surface area contributed by atoms with E-state index in [9.17, 15) is 0 Å². The first kappa shape index (κ1) is 13.5. The molecule has 2 rings (SSSR count). The molecule has 1 saturated heterocycles. The van der Waals surface area contributed by atoms with Crippen LogP contribution in [0.25, 0.3) is 0 Å². The van der Waals surface area contributed by atoms with Crippen molar-refractivity contribution in [3.8, 4) is 0 Å². The molecule has 0 amide bonds. The third kappa shape index (κ3) is 3.11. The van der Waals surface area contributed by atoms with Crippen molar-refractivity contribution in [1.82, 2.24) is 0 Å². The second kappa shape index (κ2) is 5.83. The van der Waals surface area contributed by atoms with Gasteiger partial charge >= 0.3 is 0 Å². The molecule has 1 aliphatic rings. The van der Waals surface area contributed by atoms with Crippen molar-refractivity contribution in [2.75, 3.05) is 23.7 Å². The summed E-state index contributed by atoms with van der Waals surface area (Å²) in [4.78, 5) is 2.41.